The minimum absolute atomic E-state index is 0.0129. The zero-order valence-electron chi connectivity index (χ0n) is 14.2. The number of hydrogen-bond donors (Lipinski definition) is 1. The van der Waals surface area contributed by atoms with E-state index >= 15 is 0 Å². The summed E-state index contributed by atoms with van der Waals surface area (Å²) in [6.45, 7) is 4.86. The van der Waals surface area contributed by atoms with Crippen LogP contribution < -0.4 is 14.8 Å². The fourth-order valence-electron chi connectivity index (χ4n) is 2.03. The van der Waals surface area contributed by atoms with Gasteiger partial charge in [-0.2, -0.15) is 0 Å². The number of aryl methyl sites for hydroxylation is 1. The highest BCUT2D eigenvalue weighted by atomic mass is 32.2. The van der Waals surface area contributed by atoms with Gasteiger partial charge in [0, 0.05) is 4.90 Å². The molecule has 0 aliphatic rings. The molecule has 1 unspecified atom stereocenters. The van der Waals surface area contributed by atoms with Crippen LogP contribution in [0.1, 0.15) is 12.5 Å². The van der Waals surface area contributed by atoms with Gasteiger partial charge in [0.1, 0.15) is 18.1 Å². The van der Waals surface area contributed by atoms with Crippen LogP contribution in [-0.2, 0) is 4.79 Å². The molecule has 0 aromatic heterocycles. The third kappa shape index (κ3) is 5.81. The summed E-state index contributed by atoms with van der Waals surface area (Å²) >= 11 is 1.55. The summed E-state index contributed by atoms with van der Waals surface area (Å²) < 4.78 is 10.7. The largest absolute Gasteiger partial charge is 0.497 e. The van der Waals surface area contributed by atoms with Crippen molar-refractivity contribution < 1.29 is 14.3 Å². The molecule has 4 nitrogen and oxygen atoms in total. The van der Waals surface area contributed by atoms with Crippen LogP contribution in [0.5, 0.6) is 11.5 Å². The molecule has 5 heteroatoms. The average molecular weight is 345 g/mol. The standard InChI is InChI=1S/C19H23NO3S/c1-14-4-10-18(11-5-14)24-15(2)19(21)20-12-13-23-17-8-6-16(22-3)7-9-17/h4-11,15H,12-13H2,1-3H3,(H,20,21). The van der Waals surface area contributed by atoms with Gasteiger partial charge >= 0.3 is 0 Å². The van der Waals surface area contributed by atoms with Crippen molar-refractivity contribution in [3.8, 4) is 11.5 Å². The monoisotopic (exact) mass is 345 g/mol. The number of rotatable bonds is 8. The van der Waals surface area contributed by atoms with Crippen LogP contribution >= 0.6 is 11.8 Å². The van der Waals surface area contributed by atoms with Crippen LogP contribution in [0.15, 0.2) is 53.4 Å². The van der Waals surface area contributed by atoms with E-state index in [1.165, 1.54) is 5.56 Å². The van der Waals surface area contributed by atoms with Crippen molar-refractivity contribution >= 4 is 17.7 Å². The van der Waals surface area contributed by atoms with Gasteiger partial charge in [-0.25, -0.2) is 0 Å². The van der Waals surface area contributed by atoms with Crippen LogP contribution in [0.25, 0.3) is 0 Å². The fourth-order valence-corrected chi connectivity index (χ4v) is 2.93. The predicted octanol–water partition coefficient (Wildman–Crippen LogP) is 3.68. The van der Waals surface area contributed by atoms with Crippen molar-refractivity contribution in [1.82, 2.24) is 5.32 Å². The van der Waals surface area contributed by atoms with Gasteiger partial charge in [-0.15, -0.1) is 11.8 Å². The van der Waals surface area contributed by atoms with E-state index < -0.39 is 0 Å². The maximum Gasteiger partial charge on any atom is 0.233 e. The molecule has 0 saturated heterocycles. The van der Waals surface area contributed by atoms with E-state index in [1.54, 1.807) is 18.9 Å². The zero-order valence-corrected chi connectivity index (χ0v) is 15.1. The van der Waals surface area contributed by atoms with Crippen molar-refractivity contribution in [2.24, 2.45) is 0 Å². The van der Waals surface area contributed by atoms with E-state index in [4.69, 9.17) is 9.47 Å². The highest BCUT2D eigenvalue weighted by Gasteiger charge is 2.13. The highest BCUT2D eigenvalue weighted by molar-refractivity contribution is 8.00. The Morgan fingerprint density at radius 1 is 1.08 bits per heavy atom. The molecule has 0 spiro atoms. The molecular formula is C19H23NO3S. The number of benzene rings is 2. The summed E-state index contributed by atoms with van der Waals surface area (Å²) in [5.41, 5.74) is 1.21. The van der Waals surface area contributed by atoms with Crippen molar-refractivity contribution in [3.63, 3.8) is 0 Å². The fraction of sp³-hybridized carbons (Fsp3) is 0.316. The molecule has 2 aromatic carbocycles. The van der Waals surface area contributed by atoms with Gasteiger partial charge < -0.3 is 14.8 Å². The van der Waals surface area contributed by atoms with Crippen molar-refractivity contribution in [2.75, 3.05) is 20.3 Å². The summed E-state index contributed by atoms with van der Waals surface area (Å²) in [6, 6.07) is 15.5. The number of amides is 1. The number of nitrogens with one attached hydrogen (secondary N) is 1. The molecule has 0 heterocycles. The van der Waals surface area contributed by atoms with E-state index in [9.17, 15) is 4.79 Å². The summed E-state index contributed by atoms with van der Waals surface area (Å²) in [5, 5.41) is 2.75. The van der Waals surface area contributed by atoms with Gasteiger partial charge in [0.2, 0.25) is 5.91 Å². The lowest BCUT2D eigenvalue weighted by atomic mass is 10.2. The molecule has 2 aromatic rings. The Bertz CT molecular complexity index is 641. The zero-order chi connectivity index (χ0) is 17.4. The molecular weight excluding hydrogens is 322 g/mol. The van der Waals surface area contributed by atoms with Gasteiger partial charge in [0.25, 0.3) is 0 Å². The molecule has 0 bridgehead atoms. The highest BCUT2D eigenvalue weighted by Crippen LogP contribution is 2.23. The second-order valence-corrected chi connectivity index (χ2v) is 6.80. The first kappa shape index (κ1) is 18.2. The first-order chi connectivity index (χ1) is 11.6. The molecule has 1 amide bonds. The molecule has 0 aliphatic carbocycles. The number of hydrogen-bond acceptors (Lipinski definition) is 4. The molecule has 0 radical (unpaired) electrons. The normalized spacial score (nSPS) is 11.6. The van der Waals surface area contributed by atoms with E-state index in [1.807, 2.05) is 50.2 Å². The van der Waals surface area contributed by atoms with Crippen molar-refractivity contribution in [3.05, 3.63) is 54.1 Å². The van der Waals surface area contributed by atoms with E-state index in [0.29, 0.717) is 13.2 Å². The van der Waals surface area contributed by atoms with Crippen LogP contribution in [0, 0.1) is 6.92 Å². The molecule has 128 valence electrons. The number of methoxy groups -OCH3 is 1. The second kappa shape index (κ2) is 9.23. The lowest BCUT2D eigenvalue weighted by Crippen LogP contribution is -2.33. The van der Waals surface area contributed by atoms with Crippen LogP contribution in [-0.4, -0.2) is 31.4 Å². The van der Waals surface area contributed by atoms with E-state index in [0.717, 1.165) is 16.4 Å². The first-order valence-electron chi connectivity index (χ1n) is 7.86. The van der Waals surface area contributed by atoms with Crippen molar-refractivity contribution in [2.45, 2.75) is 24.0 Å². The molecule has 0 aliphatic heterocycles. The summed E-state index contributed by atoms with van der Waals surface area (Å²) in [4.78, 5) is 13.2. The maximum absolute atomic E-state index is 12.1. The molecule has 1 atom stereocenters. The maximum atomic E-state index is 12.1. The number of carbonyl (C=O) groups is 1. The molecule has 0 saturated carbocycles. The summed E-state index contributed by atoms with van der Waals surface area (Å²) in [6.07, 6.45) is 0. The van der Waals surface area contributed by atoms with Crippen LogP contribution in [0.3, 0.4) is 0 Å². The third-order valence-corrected chi connectivity index (χ3v) is 4.54. The van der Waals surface area contributed by atoms with Gasteiger partial charge in [0.05, 0.1) is 18.9 Å². The van der Waals surface area contributed by atoms with Crippen molar-refractivity contribution in [1.29, 1.82) is 0 Å². The van der Waals surface area contributed by atoms with Gasteiger partial charge in [0.15, 0.2) is 0 Å². The Morgan fingerprint density at radius 3 is 2.33 bits per heavy atom. The molecule has 24 heavy (non-hydrogen) atoms. The lowest BCUT2D eigenvalue weighted by molar-refractivity contribution is -0.120. The Labute approximate surface area is 147 Å². The second-order valence-electron chi connectivity index (χ2n) is 5.39. The number of thioether (sulfide) groups is 1. The Hall–Kier alpha value is -2.14. The summed E-state index contributed by atoms with van der Waals surface area (Å²) in [5.74, 6) is 1.56. The molecule has 0 fully saturated rings. The number of carbonyl (C=O) groups excluding carboxylic acids is 1. The topological polar surface area (TPSA) is 47.6 Å². The summed E-state index contributed by atoms with van der Waals surface area (Å²) in [7, 11) is 1.63. The van der Waals surface area contributed by atoms with Crippen LogP contribution in [0.2, 0.25) is 0 Å². The Morgan fingerprint density at radius 2 is 1.71 bits per heavy atom. The average Bonchev–Trinajstić information content (AvgIpc) is 2.61. The van der Waals surface area contributed by atoms with E-state index in [2.05, 4.69) is 17.4 Å². The van der Waals surface area contributed by atoms with Gasteiger partial charge in [-0.1, -0.05) is 17.7 Å². The smallest absolute Gasteiger partial charge is 0.233 e. The van der Waals surface area contributed by atoms with Gasteiger partial charge in [-0.3, -0.25) is 4.79 Å². The van der Waals surface area contributed by atoms with Crippen LogP contribution in [0.4, 0.5) is 0 Å². The third-order valence-electron chi connectivity index (χ3n) is 3.43. The SMILES string of the molecule is COc1ccc(OCCNC(=O)C(C)Sc2ccc(C)cc2)cc1. The first-order valence-corrected chi connectivity index (χ1v) is 8.74. The molecule has 1 N–H and O–H groups in total. The minimum atomic E-state index is -0.145. The number of ether oxygens (including phenoxy) is 2. The Kier molecular flexibility index (Phi) is 7.00. The van der Waals surface area contributed by atoms with E-state index in [-0.39, 0.29) is 11.2 Å². The molecule has 2 rings (SSSR count). The van der Waals surface area contributed by atoms with Gasteiger partial charge in [-0.05, 0) is 50.2 Å². The predicted molar refractivity (Wildman–Crippen MR) is 98.0 cm³/mol. The quantitative estimate of drug-likeness (QED) is 0.586. The minimum Gasteiger partial charge on any atom is -0.497 e. The lowest BCUT2D eigenvalue weighted by Gasteiger charge is -2.13. The Balaban J connectivity index is 1.69.